The molecule has 2 heterocycles. The van der Waals surface area contributed by atoms with Gasteiger partial charge in [-0.3, -0.25) is 4.79 Å². The van der Waals surface area contributed by atoms with Crippen molar-refractivity contribution < 1.29 is 4.79 Å². The lowest BCUT2D eigenvalue weighted by atomic mass is 10.1. The third-order valence-electron chi connectivity index (χ3n) is 4.13. The van der Waals surface area contributed by atoms with Crippen LogP contribution >= 0.6 is 34.9 Å². The van der Waals surface area contributed by atoms with Crippen molar-refractivity contribution in [3.05, 3.63) is 24.3 Å². The second kappa shape index (κ2) is 10.3. The molecule has 2 aromatic rings. The third-order valence-corrected chi connectivity index (χ3v) is 7.74. The number of anilines is 2. The molecule has 146 valence electrons. The fourth-order valence-electron chi connectivity index (χ4n) is 2.78. The second-order valence-corrected chi connectivity index (χ2v) is 10.4. The van der Waals surface area contributed by atoms with E-state index < -0.39 is 0 Å². The number of carbonyl (C=O) groups excluding carboxylic acids is 1. The molecule has 0 saturated carbocycles. The van der Waals surface area contributed by atoms with E-state index in [4.69, 9.17) is 0 Å². The summed E-state index contributed by atoms with van der Waals surface area (Å²) in [5.74, 6) is 1.99. The van der Waals surface area contributed by atoms with Gasteiger partial charge in [-0.1, -0.05) is 48.7 Å². The summed E-state index contributed by atoms with van der Waals surface area (Å²) in [4.78, 5) is 14.6. The van der Waals surface area contributed by atoms with E-state index in [1.54, 1.807) is 23.1 Å². The zero-order chi connectivity index (χ0) is 19.1. The molecule has 1 fully saturated rings. The van der Waals surface area contributed by atoms with Crippen molar-refractivity contribution in [2.75, 3.05) is 34.8 Å². The molecule has 0 atom stereocenters. The first-order chi connectivity index (χ1) is 13.1. The van der Waals surface area contributed by atoms with Crippen LogP contribution in [-0.2, 0) is 4.79 Å². The second-order valence-electron chi connectivity index (χ2n) is 6.97. The van der Waals surface area contributed by atoms with Crippen LogP contribution in [0.3, 0.4) is 0 Å². The number of hydrogen-bond acceptors (Lipinski definition) is 7. The number of piperidine rings is 1. The first kappa shape index (κ1) is 20.5. The van der Waals surface area contributed by atoms with Crippen LogP contribution < -0.4 is 10.2 Å². The quantitative estimate of drug-likeness (QED) is 0.604. The van der Waals surface area contributed by atoms with Gasteiger partial charge in [-0.05, 0) is 49.4 Å². The fraction of sp³-hybridized carbons (Fsp3) is 0.526. The molecule has 3 rings (SSSR count). The van der Waals surface area contributed by atoms with E-state index in [0.29, 0.717) is 11.7 Å². The minimum absolute atomic E-state index is 0.0164. The highest BCUT2D eigenvalue weighted by molar-refractivity contribution is 8.03. The SMILES string of the molecule is CC(C)CSc1nnc(SCC(=O)Nc2ccc(N3CCCCC3)cc2)s1. The number of rotatable bonds is 8. The molecular weight excluding hydrogens is 396 g/mol. The number of nitrogens with one attached hydrogen (secondary N) is 1. The Morgan fingerprint density at radius 1 is 1.11 bits per heavy atom. The van der Waals surface area contributed by atoms with E-state index in [-0.39, 0.29) is 5.91 Å². The largest absolute Gasteiger partial charge is 0.372 e. The van der Waals surface area contributed by atoms with Crippen LogP contribution in [-0.4, -0.2) is 40.7 Å². The average molecular weight is 423 g/mol. The molecule has 0 bridgehead atoms. The van der Waals surface area contributed by atoms with Gasteiger partial charge in [-0.15, -0.1) is 10.2 Å². The molecule has 8 heteroatoms. The van der Waals surface area contributed by atoms with E-state index in [9.17, 15) is 4.79 Å². The Balaban J connectivity index is 1.43. The Kier molecular flexibility index (Phi) is 7.84. The van der Waals surface area contributed by atoms with Crippen molar-refractivity contribution >= 4 is 52.1 Å². The highest BCUT2D eigenvalue weighted by atomic mass is 32.2. The zero-order valence-electron chi connectivity index (χ0n) is 15.8. The van der Waals surface area contributed by atoms with Crippen molar-refractivity contribution in [3.8, 4) is 0 Å². The van der Waals surface area contributed by atoms with E-state index in [1.807, 2.05) is 12.1 Å². The summed E-state index contributed by atoms with van der Waals surface area (Å²) in [7, 11) is 0. The van der Waals surface area contributed by atoms with Crippen molar-refractivity contribution in [2.24, 2.45) is 5.92 Å². The topological polar surface area (TPSA) is 58.1 Å². The van der Waals surface area contributed by atoms with Gasteiger partial charge in [-0.2, -0.15) is 0 Å². The van der Waals surface area contributed by atoms with Gasteiger partial charge < -0.3 is 10.2 Å². The molecule has 1 N–H and O–H groups in total. The molecule has 1 aliphatic rings. The van der Waals surface area contributed by atoms with E-state index >= 15 is 0 Å². The molecule has 1 aliphatic heterocycles. The van der Waals surface area contributed by atoms with Gasteiger partial charge in [0, 0.05) is 30.2 Å². The van der Waals surface area contributed by atoms with Gasteiger partial charge in [0.25, 0.3) is 0 Å². The third kappa shape index (κ3) is 6.69. The van der Waals surface area contributed by atoms with Gasteiger partial charge >= 0.3 is 0 Å². The summed E-state index contributed by atoms with van der Waals surface area (Å²) in [5, 5.41) is 11.3. The summed E-state index contributed by atoms with van der Waals surface area (Å²) in [6.45, 7) is 6.63. The lowest BCUT2D eigenvalue weighted by Crippen LogP contribution is -2.29. The smallest absolute Gasteiger partial charge is 0.234 e. The fourth-order valence-corrected chi connectivity index (χ4v) is 5.58. The Bertz CT molecular complexity index is 727. The maximum atomic E-state index is 12.2. The summed E-state index contributed by atoms with van der Waals surface area (Å²) >= 11 is 4.73. The summed E-state index contributed by atoms with van der Waals surface area (Å²) in [5.41, 5.74) is 2.08. The Hall–Kier alpha value is -1.25. The summed E-state index contributed by atoms with van der Waals surface area (Å²) in [6.07, 6.45) is 3.85. The van der Waals surface area contributed by atoms with Gasteiger partial charge in [0.1, 0.15) is 0 Å². The van der Waals surface area contributed by atoms with Crippen molar-refractivity contribution in [1.29, 1.82) is 0 Å². The van der Waals surface area contributed by atoms with Crippen LogP contribution in [0.15, 0.2) is 32.9 Å². The predicted molar refractivity (Wildman–Crippen MR) is 117 cm³/mol. The standard InChI is InChI=1S/C19H26N4OS3/c1-14(2)12-25-18-21-22-19(27-18)26-13-17(24)20-15-6-8-16(9-7-15)23-10-4-3-5-11-23/h6-9,14H,3-5,10-13H2,1-2H3,(H,20,24). The average Bonchev–Trinajstić information content (AvgIpc) is 3.14. The molecule has 1 saturated heterocycles. The molecule has 0 aliphatic carbocycles. The van der Waals surface area contributed by atoms with E-state index in [0.717, 1.165) is 33.2 Å². The number of carbonyl (C=O) groups is 1. The van der Waals surface area contributed by atoms with Gasteiger partial charge in [-0.25, -0.2) is 0 Å². The van der Waals surface area contributed by atoms with Crippen molar-refractivity contribution in [3.63, 3.8) is 0 Å². The molecule has 1 aromatic heterocycles. The molecule has 1 amide bonds. The lowest BCUT2D eigenvalue weighted by Gasteiger charge is -2.28. The summed E-state index contributed by atoms with van der Waals surface area (Å²) < 4.78 is 1.82. The first-order valence-corrected chi connectivity index (χ1v) is 12.1. The normalized spacial score (nSPS) is 14.6. The highest BCUT2D eigenvalue weighted by Crippen LogP contribution is 2.30. The Morgan fingerprint density at radius 3 is 2.44 bits per heavy atom. The summed E-state index contributed by atoms with van der Waals surface area (Å²) in [6, 6.07) is 8.16. The maximum absolute atomic E-state index is 12.2. The van der Waals surface area contributed by atoms with Crippen molar-refractivity contribution in [2.45, 2.75) is 41.8 Å². The number of thioether (sulfide) groups is 2. The predicted octanol–water partition coefficient (Wildman–Crippen LogP) is 5.01. The number of amides is 1. The van der Waals surface area contributed by atoms with Crippen LogP contribution in [0, 0.1) is 5.92 Å². The van der Waals surface area contributed by atoms with Crippen molar-refractivity contribution in [1.82, 2.24) is 10.2 Å². The lowest BCUT2D eigenvalue weighted by molar-refractivity contribution is -0.113. The van der Waals surface area contributed by atoms with Crippen LogP contribution in [0.1, 0.15) is 33.1 Å². The maximum Gasteiger partial charge on any atom is 0.234 e. The molecule has 0 unspecified atom stereocenters. The van der Waals surface area contributed by atoms with E-state index in [2.05, 4.69) is 46.4 Å². The first-order valence-electron chi connectivity index (χ1n) is 9.34. The minimum Gasteiger partial charge on any atom is -0.372 e. The van der Waals surface area contributed by atoms with Gasteiger partial charge in [0.2, 0.25) is 5.91 Å². The highest BCUT2D eigenvalue weighted by Gasteiger charge is 2.12. The Morgan fingerprint density at radius 2 is 1.78 bits per heavy atom. The number of aromatic nitrogens is 2. The zero-order valence-corrected chi connectivity index (χ0v) is 18.3. The minimum atomic E-state index is -0.0164. The molecule has 27 heavy (non-hydrogen) atoms. The molecule has 0 radical (unpaired) electrons. The Labute approximate surface area is 173 Å². The molecule has 5 nitrogen and oxygen atoms in total. The number of hydrogen-bond donors (Lipinski definition) is 1. The monoisotopic (exact) mass is 422 g/mol. The van der Waals surface area contributed by atoms with Gasteiger partial charge in [0.15, 0.2) is 8.68 Å². The van der Waals surface area contributed by atoms with E-state index in [1.165, 1.54) is 36.7 Å². The van der Waals surface area contributed by atoms with Crippen LogP contribution in [0.4, 0.5) is 11.4 Å². The molecular formula is C19H26N4OS3. The van der Waals surface area contributed by atoms with Crippen LogP contribution in [0.5, 0.6) is 0 Å². The number of nitrogens with zero attached hydrogens (tertiary/aromatic N) is 3. The molecule has 1 aromatic carbocycles. The number of benzene rings is 1. The van der Waals surface area contributed by atoms with Gasteiger partial charge in [0.05, 0.1) is 5.75 Å². The van der Waals surface area contributed by atoms with Crippen LogP contribution in [0.2, 0.25) is 0 Å². The molecule has 0 spiro atoms. The van der Waals surface area contributed by atoms with Crippen LogP contribution in [0.25, 0.3) is 0 Å².